The highest BCUT2D eigenvalue weighted by Crippen LogP contribution is 2.24. The topological polar surface area (TPSA) is 84.7 Å². The average molecular weight is 371 g/mol. The van der Waals surface area contributed by atoms with Gasteiger partial charge in [0.15, 0.2) is 5.76 Å². The van der Waals surface area contributed by atoms with Crippen LogP contribution < -0.4 is 10.1 Å². The molecule has 0 atom stereocenters. The number of ether oxygens (including phenoxy) is 1. The number of carbonyl (C=O) groups excluding carboxylic acids is 2. The molecule has 2 amide bonds. The Morgan fingerprint density at radius 2 is 2.07 bits per heavy atom. The third-order valence-electron chi connectivity index (χ3n) is 5.06. The lowest BCUT2D eigenvalue weighted by Gasteiger charge is -2.30. The van der Waals surface area contributed by atoms with Crippen LogP contribution in [0, 0.1) is 19.8 Å². The molecular weight excluding hydrogens is 346 g/mol. The Morgan fingerprint density at radius 3 is 2.70 bits per heavy atom. The van der Waals surface area contributed by atoms with Crippen molar-refractivity contribution in [1.82, 2.24) is 15.2 Å². The van der Waals surface area contributed by atoms with Gasteiger partial charge in [0, 0.05) is 36.3 Å². The minimum absolute atomic E-state index is 0.000777. The maximum Gasteiger partial charge on any atom is 0.289 e. The van der Waals surface area contributed by atoms with Crippen LogP contribution in [0.3, 0.4) is 0 Å². The van der Waals surface area contributed by atoms with E-state index in [1.165, 1.54) is 6.26 Å². The van der Waals surface area contributed by atoms with Crippen molar-refractivity contribution in [2.24, 2.45) is 5.92 Å². The first-order chi connectivity index (χ1) is 13.0. The summed E-state index contributed by atoms with van der Waals surface area (Å²) in [4.78, 5) is 30.9. The second-order valence-corrected chi connectivity index (χ2v) is 6.81. The fourth-order valence-corrected chi connectivity index (χ4v) is 3.47. The maximum absolute atomic E-state index is 12.5. The second kappa shape index (κ2) is 8.24. The molecule has 144 valence electrons. The van der Waals surface area contributed by atoms with Crippen molar-refractivity contribution < 1.29 is 18.7 Å². The third kappa shape index (κ3) is 4.13. The molecule has 0 bridgehead atoms. The summed E-state index contributed by atoms with van der Waals surface area (Å²) in [5.41, 5.74) is 2.71. The number of nitrogens with zero attached hydrogens (tertiary/aromatic N) is 2. The van der Waals surface area contributed by atoms with Gasteiger partial charge in [0.2, 0.25) is 5.91 Å². The van der Waals surface area contributed by atoms with Crippen LogP contribution in [0.5, 0.6) is 5.75 Å². The van der Waals surface area contributed by atoms with Crippen molar-refractivity contribution in [2.45, 2.75) is 33.2 Å². The summed E-state index contributed by atoms with van der Waals surface area (Å²) < 4.78 is 10.6. The van der Waals surface area contributed by atoms with Gasteiger partial charge in [0.1, 0.15) is 5.75 Å². The average Bonchev–Trinajstić information content (AvgIpc) is 3.22. The molecule has 0 unspecified atom stereocenters. The predicted octanol–water partition coefficient (Wildman–Crippen LogP) is 2.47. The van der Waals surface area contributed by atoms with Gasteiger partial charge in [-0.1, -0.05) is 0 Å². The summed E-state index contributed by atoms with van der Waals surface area (Å²) >= 11 is 0. The van der Waals surface area contributed by atoms with Crippen LogP contribution in [0.2, 0.25) is 0 Å². The number of likely N-dealkylation sites (tertiary alicyclic amines) is 1. The molecule has 0 radical (unpaired) electrons. The van der Waals surface area contributed by atoms with E-state index < -0.39 is 0 Å². The molecule has 1 aliphatic heterocycles. The number of aromatic nitrogens is 1. The quantitative estimate of drug-likeness (QED) is 0.873. The summed E-state index contributed by atoms with van der Waals surface area (Å²) in [6.07, 6.45) is 4.53. The van der Waals surface area contributed by atoms with Gasteiger partial charge in [0.05, 0.1) is 25.6 Å². The maximum atomic E-state index is 12.5. The molecule has 1 aliphatic rings. The van der Waals surface area contributed by atoms with Crippen LogP contribution in [-0.4, -0.2) is 41.9 Å². The van der Waals surface area contributed by atoms with Crippen LogP contribution in [0.4, 0.5) is 0 Å². The molecule has 2 aromatic rings. The van der Waals surface area contributed by atoms with Gasteiger partial charge in [-0.25, -0.2) is 0 Å². The van der Waals surface area contributed by atoms with E-state index in [0.717, 1.165) is 22.6 Å². The van der Waals surface area contributed by atoms with Gasteiger partial charge in [0.25, 0.3) is 5.91 Å². The van der Waals surface area contributed by atoms with E-state index in [0.29, 0.717) is 38.2 Å². The van der Waals surface area contributed by atoms with E-state index in [2.05, 4.69) is 10.3 Å². The smallest absolute Gasteiger partial charge is 0.289 e. The number of pyridine rings is 1. The zero-order chi connectivity index (χ0) is 19.4. The summed E-state index contributed by atoms with van der Waals surface area (Å²) in [6.45, 7) is 5.35. The number of carbonyl (C=O) groups is 2. The van der Waals surface area contributed by atoms with Gasteiger partial charge < -0.3 is 19.4 Å². The Balaban J connectivity index is 1.52. The molecule has 7 heteroatoms. The number of furan rings is 1. The molecule has 7 nitrogen and oxygen atoms in total. The fourth-order valence-electron chi connectivity index (χ4n) is 3.47. The first-order valence-corrected chi connectivity index (χ1v) is 9.10. The number of nitrogens with one attached hydrogen (secondary N) is 1. The molecule has 1 fully saturated rings. The summed E-state index contributed by atoms with van der Waals surface area (Å²) in [7, 11) is 1.63. The Bertz CT molecular complexity index is 809. The highest BCUT2D eigenvalue weighted by molar-refractivity contribution is 5.91. The number of methoxy groups -OCH3 is 1. The largest absolute Gasteiger partial charge is 0.496 e. The van der Waals surface area contributed by atoms with Crippen molar-refractivity contribution in [2.75, 3.05) is 20.2 Å². The molecule has 27 heavy (non-hydrogen) atoms. The third-order valence-corrected chi connectivity index (χ3v) is 5.06. The monoisotopic (exact) mass is 371 g/mol. The number of piperidine rings is 1. The molecule has 1 N–H and O–H groups in total. The molecule has 0 aromatic carbocycles. The van der Waals surface area contributed by atoms with Gasteiger partial charge in [-0.3, -0.25) is 14.6 Å². The van der Waals surface area contributed by atoms with Gasteiger partial charge in [-0.05, 0) is 38.8 Å². The Hall–Kier alpha value is -2.83. The second-order valence-electron chi connectivity index (χ2n) is 6.81. The first kappa shape index (κ1) is 18.9. The minimum atomic E-state index is -0.120. The minimum Gasteiger partial charge on any atom is -0.496 e. The van der Waals surface area contributed by atoms with E-state index in [1.807, 2.05) is 13.8 Å². The van der Waals surface area contributed by atoms with Crippen LogP contribution in [-0.2, 0) is 11.3 Å². The Morgan fingerprint density at radius 1 is 1.33 bits per heavy atom. The lowest BCUT2D eigenvalue weighted by Crippen LogP contribution is -2.42. The van der Waals surface area contributed by atoms with E-state index in [1.54, 1.807) is 30.3 Å². The van der Waals surface area contributed by atoms with Crippen LogP contribution in [0.15, 0.2) is 29.0 Å². The summed E-state index contributed by atoms with van der Waals surface area (Å²) in [6, 6.07) is 3.36. The fraction of sp³-hybridized carbons (Fsp3) is 0.450. The van der Waals surface area contributed by atoms with E-state index in [4.69, 9.17) is 9.15 Å². The van der Waals surface area contributed by atoms with Crippen LogP contribution in [0.1, 0.15) is 40.2 Å². The van der Waals surface area contributed by atoms with Crippen molar-refractivity contribution in [3.63, 3.8) is 0 Å². The highest BCUT2D eigenvalue weighted by Gasteiger charge is 2.28. The molecule has 2 aromatic heterocycles. The number of hydrogen-bond donors (Lipinski definition) is 1. The van der Waals surface area contributed by atoms with Gasteiger partial charge in [-0.2, -0.15) is 0 Å². The molecule has 3 heterocycles. The molecule has 0 aliphatic carbocycles. The van der Waals surface area contributed by atoms with Crippen molar-refractivity contribution in [3.8, 4) is 5.75 Å². The molecule has 1 saturated heterocycles. The lowest BCUT2D eigenvalue weighted by atomic mass is 9.95. The van der Waals surface area contributed by atoms with Crippen LogP contribution >= 0.6 is 0 Å². The first-order valence-electron chi connectivity index (χ1n) is 9.10. The van der Waals surface area contributed by atoms with Crippen LogP contribution in [0.25, 0.3) is 0 Å². The molecule has 0 spiro atoms. The highest BCUT2D eigenvalue weighted by atomic mass is 16.5. The standard InChI is InChI=1S/C20H25N3O4/c1-13-11-21-16(14(2)18(13)26-3)12-22-19(24)15-6-8-23(9-7-15)20(25)17-5-4-10-27-17/h4-5,10-11,15H,6-9,12H2,1-3H3,(H,22,24). The molecule has 3 rings (SSSR count). The van der Waals surface area contributed by atoms with Gasteiger partial charge >= 0.3 is 0 Å². The number of amides is 2. The Kier molecular flexibility index (Phi) is 5.78. The Labute approximate surface area is 158 Å². The zero-order valence-electron chi connectivity index (χ0n) is 15.9. The van der Waals surface area contributed by atoms with Crippen molar-refractivity contribution in [3.05, 3.63) is 47.2 Å². The van der Waals surface area contributed by atoms with E-state index >= 15 is 0 Å². The number of aryl methyl sites for hydroxylation is 1. The molecular formula is C20H25N3O4. The molecule has 0 saturated carbocycles. The summed E-state index contributed by atoms with van der Waals surface area (Å²) in [5, 5.41) is 2.97. The van der Waals surface area contributed by atoms with Gasteiger partial charge in [-0.15, -0.1) is 0 Å². The SMILES string of the molecule is COc1c(C)cnc(CNC(=O)C2CCN(C(=O)c3ccco3)CC2)c1C. The van der Waals surface area contributed by atoms with Crippen molar-refractivity contribution in [1.29, 1.82) is 0 Å². The number of hydrogen-bond acceptors (Lipinski definition) is 5. The number of rotatable bonds is 5. The van der Waals surface area contributed by atoms with E-state index in [9.17, 15) is 9.59 Å². The van der Waals surface area contributed by atoms with Crippen molar-refractivity contribution >= 4 is 11.8 Å². The van der Waals surface area contributed by atoms with E-state index in [-0.39, 0.29) is 17.7 Å². The lowest BCUT2D eigenvalue weighted by molar-refractivity contribution is -0.126. The normalized spacial score (nSPS) is 14.9. The summed E-state index contributed by atoms with van der Waals surface area (Å²) in [5.74, 6) is 0.927. The predicted molar refractivity (Wildman–Crippen MR) is 99.4 cm³/mol. The zero-order valence-corrected chi connectivity index (χ0v) is 15.9.